The second-order valence-corrected chi connectivity index (χ2v) is 5.99. The van der Waals surface area contributed by atoms with Crippen molar-refractivity contribution in [2.24, 2.45) is 5.41 Å². The SMILES string of the molecule is CCC(C)(C)C(=O)OCC(=O)OCCC(F)(F)C(F)(F)C(F)(F)C(F)F. The first-order valence-corrected chi connectivity index (χ1v) is 7.27. The Morgan fingerprint density at radius 2 is 1.46 bits per heavy atom. The summed E-state index contributed by atoms with van der Waals surface area (Å²) >= 11 is 0. The van der Waals surface area contributed by atoms with Crippen molar-refractivity contribution in [3.8, 4) is 0 Å². The molecule has 26 heavy (non-hydrogen) atoms. The maximum atomic E-state index is 13.2. The van der Waals surface area contributed by atoms with E-state index in [9.17, 15) is 44.7 Å². The highest BCUT2D eigenvalue weighted by Gasteiger charge is 2.74. The molecule has 0 unspecified atom stereocenters. The van der Waals surface area contributed by atoms with Gasteiger partial charge in [0, 0.05) is 0 Å². The minimum absolute atomic E-state index is 0.348. The first-order chi connectivity index (χ1) is 11.5. The minimum Gasteiger partial charge on any atom is -0.463 e. The first-order valence-electron chi connectivity index (χ1n) is 7.27. The molecular formula is C14H18F8O4. The fraction of sp³-hybridized carbons (Fsp3) is 0.857. The van der Waals surface area contributed by atoms with Crippen molar-refractivity contribution >= 4 is 11.9 Å². The molecule has 0 saturated carbocycles. The molecule has 0 N–H and O–H groups in total. The van der Waals surface area contributed by atoms with Gasteiger partial charge in [-0.2, -0.15) is 26.3 Å². The Balaban J connectivity index is 4.62. The maximum Gasteiger partial charge on any atom is 0.377 e. The van der Waals surface area contributed by atoms with E-state index in [-0.39, 0.29) is 0 Å². The molecule has 0 atom stereocenters. The van der Waals surface area contributed by atoms with Gasteiger partial charge in [0.15, 0.2) is 6.61 Å². The normalized spacial score (nSPS) is 13.7. The quantitative estimate of drug-likeness (QED) is 0.408. The molecule has 0 aliphatic rings. The highest BCUT2D eigenvalue weighted by atomic mass is 19.4. The van der Waals surface area contributed by atoms with Crippen molar-refractivity contribution in [3.63, 3.8) is 0 Å². The molecule has 0 radical (unpaired) electrons. The van der Waals surface area contributed by atoms with Crippen molar-refractivity contribution in [2.75, 3.05) is 13.2 Å². The molecular weight excluding hydrogens is 384 g/mol. The van der Waals surface area contributed by atoms with Gasteiger partial charge >= 0.3 is 36.1 Å². The lowest BCUT2D eigenvalue weighted by atomic mass is 9.91. The molecule has 0 rings (SSSR count). The number of alkyl halides is 8. The van der Waals surface area contributed by atoms with Crippen molar-refractivity contribution in [2.45, 2.75) is 57.8 Å². The van der Waals surface area contributed by atoms with Crippen LogP contribution in [0.25, 0.3) is 0 Å². The topological polar surface area (TPSA) is 52.6 Å². The summed E-state index contributed by atoms with van der Waals surface area (Å²) in [6, 6.07) is 0. The predicted molar refractivity (Wildman–Crippen MR) is 71.5 cm³/mol. The standard InChI is InChI=1S/C14H18F8O4/c1-4-11(2,3)10(24)26-7-8(23)25-6-5-12(17,18)14(21,22)13(19,20)9(15)16/h9H,4-7H2,1-3H3. The van der Waals surface area contributed by atoms with Crippen LogP contribution in [-0.2, 0) is 19.1 Å². The van der Waals surface area contributed by atoms with Crippen LogP contribution in [0.15, 0.2) is 0 Å². The van der Waals surface area contributed by atoms with Crippen LogP contribution in [0.4, 0.5) is 35.1 Å². The van der Waals surface area contributed by atoms with Crippen LogP contribution in [-0.4, -0.2) is 49.3 Å². The second kappa shape index (κ2) is 8.38. The lowest BCUT2D eigenvalue weighted by Gasteiger charge is -2.32. The molecule has 0 aliphatic heterocycles. The highest BCUT2D eigenvalue weighted by Crippen LogP contribution is 2.49. The maximum absolute atomic E-state index is 13.2. The van der Waals surface area contributed by atoms with Gasteiger partial charge in [-0.05, 0) is 20.3 Å². The molecule has 0 aliphatic carbocycles. The van der Waals surface area contributed by atoms with Gasteiger partial charge < -0.3 is 9.47 Å². The molecule has 0 aromatic carbocycles. The van der Waals surface area contributed by atoms with Crippen LogP contribution in [0.3, 0.4) is 0 Å². The Hall–Kier alpha value is -1.62. The molecule has 0 aromatic heterocycles. The van der Waals surface area contributed by atoms with E-state index < -0.39 is 61.2 Å². The summed E-state index contributed by atoms with van der Waals surface area (Å²) in [5.41, 5.74) is -0.948. The number of esters is 2. The zero-order valence-electron chi connectivity index (χ0n) is 14.1. The molecule has 0 fully saturated rings. The largest absolute Gasteiger partial charge is 0.463 e. The summed E-state index contributed by atoms with van der Waals surface area (Å²) in [5, 5.41) is 0. The summed E-state index contributed by atoms with van der Waals surface area (Å²) in [7, 11) is 0. The van der Waals surface area contributed by atoms with Crippen LogP contribution in [0.5, 0.6) is 0 Å². The Morgan fingerprint density at radius 1 is 0.962 bits per heavy atom. The zero-order valence-corrected chi connectivity index (χ0v) is 14.1. The van der Waals surface area contributed by atoms with Crippen molar-refractivity contribution in [1.82, 2.24) is 0 Å². The van der Waals surface area contributed by atoms with Gasteiger partial charge in [0.05, 0.1) is 18.4 Å². The third-order valence-corrected chi connectivity index (χ3v) is 3.59. The van der Waals surface area contributed by atoms with Crippen molar-refractivity contribution in [3.05, 3.63) is 0 Å². The number of carbonyl (C=O) groups is 2. The Kier molecular flexibility index (Phi) is 7.86. The molecule has 12 heteroatoms. The Labute approximate surface area is 143 Å². The molecule has 0 amide bonds. The fourth-order valence-electron chi connectivity index (χ4n) is 1.34. The predicted octanol–water partition coefficient (Wildman–Crippen LogP) is 4.07. The second-order valence-electron chi connectivity index (χ2n) is 5.99. The molecule has 0 aromatic rings. The van der Waals surface area contributed by atoms with Gasteiger partial charge in [0.2, 0.25) is 0 Å². The van der Waals surface area contributed by atoms with Crippen LogP contribution in [0.1, 0.15) is 33.6 Å². The zero-order chi connectivity index (χ0) is 21.0. The average Bonchev–Trinajstić information content (AvgIpc) is 2.51. The summed E-state index contributed by atoms with van der Waals surface area (Å²) in [6.07, 6.45) is -6.81. The number of hydrogen-bond donors (Lipinski definition) is 0. The van der Waals surface area contributed by atoms with Crippen LogP contribution in [0.2, 0.25) is 0 Å². The summed E-state index contributed by atoms with van der Waals surface area (Å²) in [4.78, 5) is 22.7. The van der Waals surface area contributed by atoms with E-state index in [1.165, 1.54) is 13.8 Å². The molecule has 0 saturated heterocycles. The van der Waals surface area contributed by atoms with Gasteiger partial charge in [-0.25, -0.2) is 13.6 Å². The molecule has 154 valence electrons. The fourth-order valence-corrected chi connectivity index (χ4v) is 1.34. The summed E-state index contributed by atoms with van der Waals surface area (Å²) < 4.78 is 110. The van der Waals surface area contributed by atoms with Gasteiger partial charge in [-0.1, -0.05) is 6.92 Å². The van der Waals surface area contributed by atoms with Crippen molar-refractivity contribution in [1.29, 1.82) is 0 Å². The van der Waals surface area contributed by atoms with Crippen LogP contribution >= 0.6 is 0 Å². The summed E-state index contributed by atoms with van der Waals surface area (Å²) in [5.74, 6) is -20.4. The number of ether oxygens (including phenoxy) is 2. The van der Waals surface area contributed by atoms with Crippen molar-refractivity contribution < 1.29 is 54.2 Å². The smallest absolute Gasteiger partial charge is 0.377 e. The number of carbonyl (C=O) groups excluding carboxylic acids is 2. The molecule has 0 bridgehead atoms. The highest BCUT2D eigenvalue weighted by molar-refractivity contribution is 5.79. The van der Waals surface area contributed by atoms with E-state index in [1.54, 1.807) is 6.92 Å². The Bertz CT molecular complexity index is 505. The van der Waals surface area contributed by atoms with E-state index in [2.05, 4.69) is 9.47 Å². The third kappa shape index (κ3) is 5.44. The number of hydrogen-bond acceptors (Lipinski definition) is 4. The van der Waals surface area contributed by atoms with E-state index in [0.717, 1.165) is 0 Å². The molecule has 0 spiro atoms. The lowest BCUT2D eigenvalue weighted by molar-refractivity contribution is -0.340. The monoisotopic (exact) mass is 402 g/mol. The number of halogens is 8. The average molecular weight is 402 g/mol. The van der Waals surface area contributed by atoms with Gasteiger partial charge in [0.25, 0.3) is 0 Å². The lowest BCUT2D eigenvalue weighted by Crippen LogP contribution is -2.57. The van der Waals surface area contributed by atoms with E-state index in [1.807, 2.05) is 0 Å². The van der Waals surface area contributed by atoms with Crippen LogP contribution < -0.4 is 0 Å². The molecule has 4 nitrogen and oxygen atoms in total. The van der Waals surface area contributed by atoms with Gasteiger partial charge in [0.1, 0.15) is 0 Å². The first kappa shape index (κ1) is 24.4. The van der Waals surface area contributed by atoms with Gasteiger partial charge in [-0.15, -0.1) is 0 Å². The Morgan fingerprint density at radius 3 is 1.88 bits per heavy atom. The van der Waals surface area contributed by atoms with E-state index >= 15 is 0 Å². The van der Waals surface area contributed by atoms with Gasteiger partial charge in [-0.3, -0.25) is 4.79 Å². The summed E-state index contributed by atoms with van der Waals surface area (Å²) in [6.45, 7) is 2.14. The number of rotatable bonds is 10. The minimum atomic E-state index is -6.36. The van der Waals surface area contributed by atoms with Crippen LogP contribution in [0, 0.1) is 5.41 Å². The third-order valence-electron chi connectivity index (χ3n) is 3.59. The van der Waals surface area contributed by atoms with E-state index in [0.29, 0.717) is 6.42 Å². The molecule has 0 heterocycles. The van der Waals surface area contributed by atoms with E-state index in [4.69, 9.17) is 0 Å².